The molecule has 1 N–H and O–H groups in total. The van der Waals surface area contributed by atoms with Gasteiger partial charge in [0.2, 0.25) is 5.76 Å². The number of rotatable bonds is 4. The molecule has 0 aliphatic heterocycles. The maximum atomic E-state index is 12.3. The normalized spacial score (nSPS) is 11.4. The molecule has 1 aromatic heterocycles. The second kappa shape index (κ2) is 4.89. The van der Waals surface area contributed by atoms with E-state index in [-0.39, 0.29) is 16.2 Å². The number of hydrogen-bond acceptors (Lipinski definition) is 4. The summed E-state index contributed by atoms with van der Waals surface area (Å²) < 4.78 is 29.3. The van der Waals surface area contributed by atoms with Gasteiger partial charge in [-0.05, 0) is 24.6 Å². The molecule has 2 aromatic rings. The van der Waals surface area contributed by atoms with E-state index in [2.05, 4.69) is 0 Å². The van der Waals surface area contributed by atoms with Crippen LogP contribution in [0.3, 0.4) is 0 Å². The van der Waals surface area contributed by atoms with Crippen molar-refractivity contribution in [3.8, 4) is 0 Å². The van der Waals surface area contributed by atoms with Crippen LogP contribution < -0.4 is 0 Å². The second-order valence-electron chi connectivity index (χ2n) is 4.10. The Kier molecular flexibility index (Phi) is 3.44. The summed E-state index contributed by atoms with van der Waals surface area (Å²) in [6.07, 6.45) is 1.17. The quantitative estimate of drug-likeness (QED) is 0.928. The number of aromatic carboxylic acids is 1. The van der Waals surface area contributed by atoms with Crippen LogP contribution in [-0.4, -0.2) is 19.5 Å². The second-order valence-corrected chi connectivity index (χ2v) is 6.06. The van der Waals surface area contributed by atoms with Crippen LogP contribution in [0.15, 0.2) is 45.9 Å². The predicted octanol–water partition coefficient (Wildman–Crippen LogP) is 2.26. The summed E-state index contributed by atoms with van der Waals surface area (Å²) in [5.74, 6) is -2.01. The fraction of sp³-hybridized carbons (Fsp3) is 0.154. The van der Waals surface area contributed by atoms with Gasteiger partial charge in [0.1, 0.15) is 0 Å². The van der Waals surface area contributed by atoms with Crippen LogP contribution in [0.2, 0.25) is 0 Å². The third kappa shape index (κ3) is 2.68. The van der Waals surface area contributed by atoms with Gasteiger partial charge < -0.3 is 9.52 Å². The summed E-state index contributed by atoms with van der Waals surface area (Å²) in [6, 6.07) is 7.94. The first-order valence-corrected chi connectivity index (χ1v) is 7.15. The third-order valence-electron chi connectivity index (χ3n) is 2.72. The lowest BCUT2D eigenvalue weighted by Crippen LogP contribution is -2.09. The van der Waals surface area contributed by atoms with Crippen molar-refractivity contribution in [3.63, 3.8) is 0 Å². The first-order valence-electron chi connectivity index (χ1n) is 5.50. The number of carboxylic acids is 1. The zero-order chi connectivity index (χ0) is 14.0. The SMILES string of the molecule is Cc1ccccc1S(=O)(=O)Cc1ccoc1C(=O)O. The maximum absolute atomic E-state index is 12.3. The fourth-order valence-corrected chi connectivity index (χ4v) is 3.46. The molecule has 19 heavy (non-hydrogen) atoms. The largest absolute Gasteiger partial charge is 0.475 e. The highest BCUT2D eigenvalue weighted by molar-refractivity contribution is 7.90. The number of furan rings is 1. The van der Waals surface area contributed by atoms with Gasteiger partial charge >= 0.3 is 5.97 Å². The van der Waals surface area contributed by atoms with E-state index in [9.17, 15) is 13.2 Å². The highest BCUT2D eigenvalue weighted by Gasteiger charge is 2.23. The average Bonchev–Trinajstić information content (AvgIpc) is 2.76. The van der Waals surface area contributed by atoms with Crippen molar-refractivity contribution in [2.24, 2.45) is 0 Å². The highest BCUT2D eigenvalue weighted by atomic mass is 32.2. The van der Waals surface area contributed by atoms with Crippen LogP contribution in [0.4, 0.5) is 0 Å². The number of carbonyl (C=O) groups is 1. The molecule has 0 aliphatic rings. The van der Waals surface area contributed by atoms with Crippen molar-refractivity contribution in [3.05, 3.63) is 53.5 Å². The molecule has 1 aromatic carbocycles. The summed E-state index contributed by atoms with van der Waals surface area (Å²) in [6.45, 7) is 1.69. The van der Waals surface area contributed by atoms with Gasteiger partial charge in [0.15, 0.2) is 9.84 Å². The monoisotopic (exact) mass is 280 g/mol. The summed E-state index contributed by atoms with van der Waals surface area (Å²) in [7, 11) is -3.59. The van der Waals surface area contributed by atoms with Gasteiger partial charge in [0, 0.05) is 5.56 Å². The maximum Gasteiger partial charge on any atom is 0.372 e. The number of aryl methyl sites for hydroxylation is 1. The topological polar surface area (TPSA) is 84.6 Å². The van der Waals surface area contributed by atoms with Gasteiger partial charge in [-0.2, -0.15) is 0 Å². The Labute approximate surface area is 110 Å². The smallest absolute Gasteiger partial charge is 0.372 e. The van der Waals surface area contributed by atoms with Gasteiger partial charge in [-0.15, -0.1) is 0 Å². The van der Waals surface area contributed by atoms with Crippen LogP contribution in [0.1, 0.15) is 21.7 Å². The van der Waals surface area contributed by atoms with Crippen molar-refractivity contribution < 1.29 is 22.7 Å². The van der Waals surface area contributed by atoms with Gasteiger partial charge in [-0.25, -0.2) is 13.2 Å². The van der Waals surface area contributed by atoms with Crippen LogP contribution in [0.25, 0.3) is 0 Å². The minimum absolute atomic E-state index is 0.149. The van der Waals surface area contributed by atoms with E-state index in [1.54, 1.807) is 25.1 Å². The van der Waals surface area contributed by atoms with Crippen molar-refractivity contribution in [2.45, 2.75) is 17.6 Å². The van der Waals surface area contributed by atoms with Crippen LogP contribution in [0, 0.1) is 6.92 Å². The minimum atomic E-state index is -3.59. The van der Waals surface area contributed by atoms with Crippen LogP contribution in [-0.2, 0) is 15.6 Å². The van der Waals surface area contributed by atoms with Gasteiger partial charge in [0.25, 0.3) is 0 Å². The van der Waals surface area contributed by atoms with Gasteiger partial charge in [-0.3, -0.25) is 0 Å². The molecule has 0 spiro atoms. The molecule has 0 atom stereocenters. The summed E-state index contributed by atoms with van der Waals surface area (Å²) >= 11 is 0. The van der Waals surface area contributed by atoms with E-state index in [0.29, 0.717) is 5.56 Å². The molecular weight excluding hydrogens is 268 g/mol. The molecule has 6 heteroatoms. The Morgan fingerprint density at radius 3 is 2.58 bits per heavy atom. The van der Waals surface area contributed by atoms with E-state index < -0.39 is 21.6 Å². The fourth-order valence-electron chi connectivity index (χ4n) is 1.82. The Hall–Kier alpha value is -2.08. The standard InChI is InChI=1S/C13H12O5S/c1-9-4-2-3-5-11(9)19(16,17)8-10-6-7-18-12(10)13(14)15/h2-7H,8H2,1H3,(H,14,15). The van der Waals surface area contributed by atoms with E-state index in [0.717, 1.165) is 0 Å². The van der Waals surface area contributed by atoms with E-state index in [1.807, 2.05) is 0 Å². The molecule has 100 valence electrons. The molecule has 2 rings (SSSR count). The lowest BCUT2D eigenvalue weighted by molar-refractivity contribution is 0.0661. The van der Waals surface area contributed by atoms with Gasteiger partial charge in [0.05, 0.1) is 16.9 Å². The molecule has 0 aliphatic carbocycles. The lowest BCUT2D eigenvalue weighted by atomic mass is 10.2. The zero-order valence-corrected chi connectivity index (χ0v) is 11.0. The number of benzene rings is 1. The number of hydrogen-bond donors (Lipinski definition) is 1. The first-order chi connectivity index (χ1) is 8.92. The van der Waals surface area contributed by atoms with Crippen LogP contribution >= 0.6 is 0 Å². The molecule has 5 nitrogen and oxygen atoms in total. The number of carboxylic acid groups (broad SMARTS) is 1. The molecule has 0 radical (unpaired) electrons. The Bertz CT molecular complexity index is 712. The summed E-state index contributed by atoms with van der Waals surface area (Å²) in [5.41, 5.74) is 0.777. The Morgan fingerprint density at radius 1 is 1.26 bits per heavy atom. The summed E-state index contributed by atoms with van der Waals surface area (Å²) in [4.78, 5) is 11.1. The first kappa shape index (κ1) is 13.4. The molecular formula is C13H12O5S. The van der Waals surface area contributed by atoms with E-state index in [4.69, 9.17) is 9.52 Å². The zero-order valence-electron chi connectivity index (χ0n) is 10.2. The average molecular weight is 280 g/mol. The summed E-state index contributed by atoms with van der Waals surface area (Å²) in [5, 5.41) is 8.89. The Morgan fingerprint density at radius 2 is 1.95 bits per heavy atom. The molecule has 0 saturated heterocycles. The molecule has 0 unspecified atom stereocenters. The molecule has 0 fully saturated rings. The van der Waals surface area contributed by atoms with E-state index >= 15 is 0 Å². The molecule has 1 heterocycles. The van der Waals surface area contributed by atoms with Gasteiger partial charge in [-0.1, -0.05) is 18.2 Å². The van der Waals surface area contributed by atoms with Crippen molar-refractivity contribution >= 4 is 15.8 Å². The molecule has 0 bridgehead atoms. The molecule has 0 amide bonds. The van der Waals surface area contributed by atoms with Crippen molar-refractivity contribution in [1.29, 1.82) is 0 Å². The van der Waals surface area contributed by atoms with Crippen molar-refractivity contribution in [2.75, 3.05) is 0 Å². The van der Waals surface area contributed by atoms with Crippen molar-refractivity contribution in [1.82, 2.24) is 0 Å². The Balaban J connectivity index is 2.40. The van der Waals surface area contributed by atoms with Crippen LogP contribution in [0.5, 0.6) is 0 Å². The lowest BCUT2D eigenvalue weighted by Gasteiger charge is -2.06. The minimum Gasteiger partial charge on any atom is -0.475 e. The van der Waals surface area contributed by atoms with E-state index in [1.165, 1.54) is 18.4 Å². The third-order valence-corrected chi connectivity index (χ3v) is 4.53. The highest BCUT2D eigenvalue weighted by Crippen LogP contribution is 2.22. The number of sulfone groups is 1. The predicted molar refractivity (Wildman–Crippen MR) is 67.7 cm³/mol. The molecule has 0 saturated carbocycles.